The lowest BCUT2D eigenvalue weighted by atomic mass is 10.0. The molecule has 0 saturated heterocycles. The zero-order chi connectivity index (χ0) is 12.0. The Labute approximate surface area is 88.7 Å². The van der Waals surface area contributed by atoms with Crippen LogP contribution in [0.25, 0.3) is 0 Å². The average molecular weight is 212 g/mol. The Hall–Kier alpha value is -1.65. The highest BCUT2D eigenvalue weighted by atomic mass is 16.2. The number of nitrogens with one attached hydrogen (secondary N) is 1. The molecular weight excluding hydrogens is 196 g/mol. The third kappa shape index (κ3) is 4.95. The van der Waals surface area contributed by atoms with Gasteiger partial charge >= 0.3 is 0 Å². The van der Waals surface area contributed by atoms with Gasteiger partial charge in [-0.05, 0) is 20.3 Å². The van der Waals surface area contributed by atoms with Crippen LogP contribution in [0.1, 0.15) is 20.3 Å². The number of carbonyl (C=O) groups excluding carboxylic acids is 3. The fourth-order valence-electron chi connectivity index (χ4n) is 1.03. The van der Waals surface area contributed by atoms with Crippen LogP contribution in [0.3, 0.4) is 0 Å². The molecule has 0 aromatic carbocycles. The molecule has 0 spiro atoms. The van der Waals surface area contributed by atoms with Crippen molar-refractivity contribution in [3.05, 3.63) is 12.2 Å². The summed E-state index contributed by atoms with van der Waals surface area (Å²) in [5.74, 6) is -2.06. The number of Topliss-reactive ketones (excluding diaryl/α,β-unsaturated/α-hetero) is 1. The van der Waals surface area contributed by atoms with Crippen LogP contribution < -0.4 is 11.1 Å². The Balaban J connectivity index is 4.03. The number of carbonyl (C=O) groups is 3. The number of nitrogens with two attached hydrogens (primary N) is 1. The summed E-state index contributed by atoms with van der Waals surface area (Å²) >= 11 is 0. The predicted octanol–water partition coefficient (Wildman–Crippen LogP) is -0.241. The standard InChI is InChI=1S/C10H16N2O3/c1-6(2)10(15)12-5-4-8(7(3)13)9(11)14/h8H,1,4-5H2,2-3H3,(H2,11,14)(H,12,15). The zero-order valence-corrected chi connectivity index (χ0v) is 9.00. The molecule has 15 heavy (non-hydrogen) atoms. The first-order chi connectivity index (χ1) is 6.86. The fraction of sp³-hybridized carbons (Fsp3) is 0.500. The van der Waals surface area contributed by atoms with Gasteiger partial charge in [-0.2, -0.15) is 0 Å². The first kappa shape index (κ1) is 13.4. The van der Waals surface area contributed by atoms with Gasteiger partial charge in [0.15, 0.2) is 0 Å². The number of hydrogen-bond acceptors (Lipinski definition) is 3. The van der Waals surface area contributed by atoms with Gasteiger partial charge in [-0.3, -0.25) is 14.4 Å². The second-order valence-electron chi connectivity index (χ2n) is 3.39. The van der Waals surface area contributed by atoms with Gasteiger partial charge in [-0.15, -0.1) is 0 Å². The molecule has 2 amide bonds. The van der Waals surface area contributed by atoms with Crippen molar-refractivity contribution in [3.8, 4) is 0 Å². The first-order valence-electron chi connectivity index (χ1n) is 4.59. The quantitative estimate of drug-likeness (QED) is 0.470. The van der Waals surface area contributed by atoms with E-state index in [2.05, 4.69) is 11.9 Å². The largest absolute Gasteiger partial charge is 0.369 e. The van der Waals surface area contributed by atoms with Crippen molar-refractivity contribution >= 4 is 17.6 Å². The van der Waals surface area contributed by atoms with Gasteiger partial charge in [-0.25, -0.2) is 0 Å². The van der Waals surface area contributed by atoms with Crippen LogP contribution in [-0.4, -0.2) is 24.1 Å². The van der Waals surface area contributed by atoms with Gasteiger partial charge in [0.05, 0.1) is 5.92 Å². The smallest absolute Gasteiger partial charge is 0.246 e. The zero-order valence-electron chi connectivity index (χ0n) is 9.00. The molecule has 0 rings (SSSR count). The summed E-state index contributed by atoms with van der Waals surface area (Å²) in [7, 11) is 0. The molecule has 0 saturated carbocycles. The Kier molecular flexibility index (Phi) is 5.30. The second-order valence-corrected chi connectivity index (χ2v) is 3.39. The molecule has 0 aromatic heterocycles. The van der Waals surface area contributed by atoms with E-state index in [-0.39, 0.29) is 24.7 Å². The molecule has 0 aliphatic carbocycles. The van der Waals surface area contributed by atoms with E-state index >= 15 is 0 Å². The monoisotopic (exact) mass is 212 g/mol. The van der Waals surface area contributed by atoms with E-state index < -0.39 is 11.8 Å². The van der Waals surface area contributed by atoms with Gasteiger partial charge in [0, 0.05) is 12.1 Å². The Morgan fingerprint density at radius 3 is 2.20 bits per heavy atom. The highest BCUT2D eigenvalue weighted by Gasteiger charge is 2.20. The molecule has 0 radical (unpaired) electrons. The van der Waals surface area contributed by atoms with Crippen LogP contribution in [0, 0.1) is 5.92 Å². The van der Waals surface area contributed by atoms with Crippen molar-refractivity contribution in [1.82, 2.24) is 5.32 Å². The third-order valence-corrected chi connectivity index (χ3v) is 1.94. The van der Waals surface area contributed by atoms with Crippen molar-refractivity contribution in [2.75, 3.05) is 6.54 Å². The Morgan fingerprint density at radius 1 is 1.33 bits per heavy atom. The summed E-state index contributed by atoms with van der Waals surface area (Å²) in [5, 5.41) is 2.52. The van der Waals surface area contributed by atoms with E-state index in [0.717, 1.165) is 0 Å². The van der Waals surface area contributed by atoms with Crippen LogP contribution in [0.4, 0.5) is 0 Å². The lowest BCUT2D eigenvalue weighted by Crippen LogP contribution is -2.33. The lowest BCUT2D eigenvalue weighted by Gasteiger charge is -2.10. The average Bonchev–Trinajstić information content (AvgIpc) is 2.10. The van der Waals surface area contributed by atoms with Crippen LogP contribution in [0.2, 0.25) is 0 Å². The third-order valence-electron chi connectivity index (χ3n) is 1.94. The maximum absolute atomic E-state index is 11.1. The SMILES string of the molecule is C=C(C)C(=O)NCCC(C(C)=O)C(N)=O. The maximum Gasteiger partial charge on any atom is 0.246 e. The van der Waals surface area contributed by atoms with E-state index in [4.69, 9.17) is 5.73 Å². The van der Waals surface area contributed by atoms with Gasteiger partial charge in [0.2, 0.25) is 11.8 Å². The van der Waals surface area contributed by atoms with Crippen LogP contribution in [0.15, 0.2) is 12.2 Å². The molecule has 84 valence electrons. The molecule has 1 unspecified atom stereocenters. The summed E-state index contributed by atoms with van der Waals surface area (Å²) in [6, 6.07) is 0. The molecule has 0 aromatic rings. The summed E-state index contributed by atoms with van der Waals surface area (Å²) in [5.41, 5.74) is 5.41. The number of amides is 2. The lowest BCUT2D eigenvalue weighted by molar-refractivity contribution is -0.131. The molecule has 0 heterocycles. The van der Waals surface area contributed by atoms with Gasteiger partial charge in [0.1, 0.15) is 5.78 Å². The summed E-state index contributed by atoms with van der Waals surface area (Å²) in [6.45, 7) is 6.56. The molecular formula is C10H16N2O3. The minimum absolute atomic E-state index is 0.226. The highest BCUT2D eigenvalue weighted by Crippen LogP contribution is 2.02. The second kappa shape index (κ2) is 5.95. The number of ketones is 1. The molecule has 0 aliphatic rings. The predicted molar refractivity (Wildman–Crippen MR) is 55.8 cm³/mol. The van der Waals surface area contributed by atoms with Crippen LogP contribution >= 0.6 is 0 Å². The van der Waals surface area contributed by atoms with Crippen LogP contribution in [-0.2, 0) is 14.4 Å². The fourth-order valence-corrected chi connectivity index (χ4v) is 1.03. The van der Waals surface area contributed by atoms with Crippen molar-refractivity contribution in [3.63, 3.8) is 0 Å². The van der Waals surface area contributed by atoms with E-state index in [1.807, 2.05) is 0 Å². The Morgan fingerprint density at radius 2 is 1.87 bits per heavy atom. The van der Waals surface area contributed by atoms with Crippen molar-refractivity contribution < 1.29 is 14.4 Å². The van der Waals surface area contributed by atoms with Crippen LogP contribution in [0.5, 0.6) is 0 Å². The topological polar surface area (TPSA) is 89.3 Å². The highest BCUT2D eigenvalue weighted by molar-refractivity contribution is 5.99. The molecule has 0 fully saturated rings. The first-order valence-corrected chi connectivity index (χ1v) is 4.59. The summed E-state index contributed by atoms with van der Waals surface area (Å²) < 4.78 is 0. The minimum atomic E-state index is -0.824. The van der Waals surface area contributed by atoms with Crippen molar-refractivity contribution in [2.45, 2.75) is 20.3 Å². The van der Waals surface area contributed by atoms with E-state index in [0.29, 0.717) is 5.57 Å². The van der Waals surface area contributed by atoms with Gasteiger partial charge in [0.25, 0.3) is 0 Å². The van der Waals surface area contributed by atoms with Crippen molar-refractivity contribution in [1.29, 1.82) is 0 Å². The molecule has 0 bridgehead atoms. The van der Waals surface area contributed by atoms with Gasteiger partial charge in [-0.1, -0.05) is 6.58 Å². The minimum Gasteiger partial charge on any atom is -0.369 e. The maximum atomic E-state index is 11.1. The van der Waals surface area contributed by atoms with E-state index in [9.17, 15) is 14.4 Å². The van der Waals surface area contributed by atoms with E-state index in [1.165, 1.54) is 6.92 Å². The number of rotatable bonds is 6. The van der Waals surface area contributed by atoms with E-state index in [1.54, 1.807) is 6.92 Å². The Bertz CT molecular complexity index is 283. The van der Waals surface area contributed by atoms with Gasteiger partial charge < -0.3 is 11.1 Å². The molecule has 3 N–H and O–H groups in total. The molecule has 5 nitrogen and oxygen atoms in total. The normalized spacial score (nSPS) is 11.6. The number of hydrogen-bond donors (Lipinski definition) is 2. The molecule has 0 aliphatic heterocycles. The number of primary amides is 1. The molecule has 1 atom stereocenters. The van der Waals surface area contributed by atoms with Crippen molar-refractivity contribution in [2.24, 2.45) is 11.7 Å². The summed E-state index contributed by atoms with van der Waals surface area (Å²) in [4.78, 5) is 32.8. The molecule has 5 heteroatoms. The summed E-state index contributed by atoms with van der Waals surface area (Å²) in [6.07, 6.45) is 0.226.